The van der Waals surface area contributed by atoms with Crippen molar-refractivity contribution in [2.75, 3.05) is 20.2 Å². The van der Waals surface area contributed by atoms with Gasteiger partial charge in [0, 0.05) is 25.1 Å². The first kappa shape index (κ1) is 16.0. The van der Waals surface area contributed by atoms with Crippen molar-refractivity contribution in [3.05, 3.63) is 30.4 Å². The fourth-order valence-corrected chi connectivity index (χ4v) is 4.31. The average molecular weight is 364 g/mol. The maximum Gasteiger partial charge on any atom is 0.247 e. The van der Waals surface area contributed by atoms with E-state index in [0.29, 0.717) is 37.5 Å². The monoisotopic (exact) mass is 364 g/mol. The van der Waals surface area contributed by atoms with Gasteiger partial charge in [-0.2, -0.15) is 8.82 Å². The Hall–Kier alpha value is -2.53. The average Bonchev–Trinajstić information content (AvgIpc) is 3.31. The van der Waals surface area contributed by atoms with E-state index in [2.05, 4.69) is 25.0 Å². The number of aromatic nitrogens is 5. The Morgan fingerprint density at radius 3 is 2.72 bits per heavy atom. The van der Waals surface area contributed by atoms with Gasteiger partial charge in [-0.15, -0.1) is 15.3 Å². The Labute approximate surface area is 143 Å². The molecule has 3 aromatic heterocycles. The van der Waals surface area contributed by atoms with Crippen molar-refractivity contribution in [1.82, 2.24) is 29.3 Å². The molecule has 4 heterocycles. The van der Waals surface area contributed by atoms with E-state index in [4.69, 9.17) is 4.74 Å². The van der Waals surface area contributed by atoms with Crippen LogP contribution in [0.1, 0.15) is 24.6 Å². The van der Waals surface area contributed by atoms with E-state index in [9.17, 15) is 8.42 Å². The Bertz CT molecular complexity index is 976. The van der Waals surface area contributed by atoms with Crippen molar-refractivity contribution >= 4 is 15.7 Å². The van der Waals surface area contributed by atoms with E-state index in [1.807, 2.05) is 0 Å². The van der Waals surface area contributed by atoms with E-state index < -0.39 is 10.0 Å². The van der Waals surface area contributed by atoms with Gasteiger partial charge in [0.1, 0.15) is 11.2 Å². The van der Waals surface area contributed by atoms with Gasteiger partial charge in [0.2, 0.25) is 15.9 Å². The molecule has 1 aliphatic heterocycles. The highest BCUT2D eigenvalue weighted by Crippen LogP contribution is 2.30. The number of hydrogen-bond acceptors (Lipinski definition) is 8. The van der Waals surface area contributed by atoms with Crippen molar-refractivity contribution in [3.63, 3.8) is 0 Å². The SMILES string of the molecule is COc1ccc2nnc(C3CCN(S(=O)(=O)c4cnoc4)CC3)n2n1. The molecule has 0 atom stereocenters. The predicted octanol–water partition coefficient (Wildman–Crippen LogP) is 0.689. The van der Waals surface area contributed by atoms with E-state index in [1.54, 1.807) is 23.8 Å². The molecule has 132 valence electrons. The third-order valence-corrected chi connectivity index (χ3v) is 6.18. The van der Waals surface area contributed by atoms with Crippen LogP contribution in [0, 0.1) is 0 Å². The Kier molecular flexibility index (Phi) is 3.88. The largest absolute Gasteiger partial charge is 0.480 e. The molecule has 1 saturated heterocycles. The van der Waals surface area contributed by atoms with Crippen molar-refractivity contribution in [1.29, 1.82) is 0 Å². The number of methoxy groups -OCH3 is 1. The van der Waals surface area contributed by atoms with Crippen molar-refractivity contribution in [2.24, 2.45) is 0 Å². The lowest BCUT2D eigenvalue weighted by molar-refractivity contribution is 0.310. The van der Waals surface area contributed by atoms with Crippen LogP contribution in [-0.4, -0.2) is 57.9 Å². The molecule has 0 aromatic carbocycles. The van der Waals surface area contributed by atoms with Gasteiger partial charge in [-0.1, -0.05) is 5.16 Å². The third-order valence-electron chi connectivity index (χ3n) is 4.34. The van der Waals surface area contributed by atoms with Crippen LogP contribution in [0.3, 0.4) is 0 Å². The van der Waals surface area contributed by atoms with Gasteiger partial charge in [-0.25, -0.2) is 8.42 Å². The topological polar surface area (TPSA) is 116 Å². The summed E-state index contributed by atoms with van der Waals surface area (Å²) >= 11 is 0. The lowest BCUT2D eigenvalue weighted by Gasteiger charge is -2.29. The van der Waals surface area contributed by atoms with Gasteiger partial charge in [-0.05, 0) is 18.9 Å². The summed E-state index contributed by atoms with van der Waals surface area (Å²) in [6.07, 6.45) is 3.61. The molecule has 3 aromatic rings. The van der Waals surface area contributed by atoms with Crippen LogP contribution >= 0.6 is 0 Å². The van der Waals surface area contributed by atoms with Gasteiger partial charge in [0.15, 0.2) is 11.5 Å². The standard InChI is InChI=1S/C14H16N6O4S/c1-23-13-3-2-12-16-17-14(20(12)18-13)10-4-6-19(7-5-10)25(21,22)11-8-15-24-9-11/h2-3,8-10H,4-7H2,1H3. The predicted molar refractivity (Wildman–Crippen MR) is 84.6 cm³/mol. The third kappa shape index (κ3) is 2.74. The van der Waals surface area contributed by atoms with E-state index in [-0.39, 0.29) is 10.8 Å². The number of hydrogen-bond donors (Lipinski definition) is 0. The van der Waals surface area contributed by atoms with E-state index in [1.165, 1.54) is 10.5 Å². The van der Waals surface area contributed by atoms with Gasteiger partial charge < -0.3 is 9.26 Å². The number of ether oxygens (including phenoxy) is 1. The molecule has 0 unspecified atom stereocenters. The highest BCUT2D eigenvalue weighted by Gasteiger charge is 2.32. The van der Waals surface area contributed by atoms with Crippen LogP contribution in [-0.2, 0) is 10.0 Å². The molecule has 0 N–H and O–H groups in total. The zero-order valence-corrected chi connectivity index (χ0v) is 14.3. The molecule has 1 aliphatic rings. The summed E-state index contributed by atoms with van der Waals surface area (Å²) in [7, 11) is -2.02. The zero-order valence-electron chi connectivity index (χ0n) is 13.4. The zero-order chi connectivity index (χ0) is 17.4. The summed E-state index contributed by atoms with van der Waals surface area (Å²) in [4.78, 5) is 0.0743. The molecule has 25 heavy (non-hydrogen) atoms. The fourth-order valence-electron chi connectivity index (χ4n) is 2.98. The number of sulfonamides is 1. The van der Waals surface area contributed by atoms with Crippen LogP contribution in [0.15, 0.2) is 34.0 Å². The van der Waals surface area contributed by atoms with Crippen LogP contribution in [0.4, 0.5) is 0 Å². The van der Waals surface area contributed by atoms with E-state index in [0.717, 1.165) is 12.1 Å². The highest BCUT2D eigenvalue weighted by atomic mass is 32.2. The minimum Gasteiger partial charge on any atom is -0.480 e. The van der Waals surface area contributed by atoms with E-state index >= 15 is 0 Å². The first-order valence-corrected chi connectivity index (χ1v) is 9.19. The summed E-state index contributed by atoms with van der Waals surface area (Å²) in [5, 5.41) is 16.2. The fraction of sp³-hybridized carbons (Fsp3) is 0.429. The second kappa shape index (κ2) is 6.08. The lowest BCUT2D eigenvalue weighted by atomic mass is 9.97. The smallest absolute Gasteiger partial charge is 0.247 e. The summed E-state index contributed by atoms with van der Waals surface area (Å²) in [6.45, 7) is 0.772. The molecule has 0 radical (unpaired) electrons. The minimum atomic E-state index is -3.57. The molecule has 0 saturated carbocycles. The summed E-state index contributed by atoms with van der Waals surface area (Å²) < 4.78 is 37.9. The van der Waals surface area contributed by atoms with Crippen molar-refractivity contribution in [2.45, 2.75) is 23.7 Å². The number of nitrogens with zero attached hydrogens (tertiary/aromatic N) is 6. The number of piperidine rings is 1. The van der Waals surface area contributed by atoms with Crippen molar-refractivity contribution < 1.29 is 17.7 Å². The number of rotatable bonds is 4. The molecular weight excluding hydrogens is 348 g/mol. The molecule has 0 aliphatic carbocycles. The molecule has 0 bridgehead atoms. The van der Waals surface area contributed by atoms with Crippen LogP contribution in [0.2, 0.25) is 0 Å². The lowest BCUT2D eigenvalue weighted by Crippen LogP contribution is -2.38. The minimum absolute atomic E-state index is 0.0727. The molecule has 0 spiro atoms. The van der Waals surface area contributed by atoms with Gasteiger partial charge in [0.25, 0.3) is 0 Å². The van der Waals surface area contributed by atoms with Gasteiger partial charge >= 0.3 is 0 Å². The Balaban J connectivity index is 1.54. The number of fused-ring (bicyclic) bond motifs is 1. The molecular formula is C14H16N6O4S. The van der Waals surface area contributed by atoms with Crippen LogP contribution in [0.25, 0.3) is 5.65 Å². The first-order chi connectivity index (χ1) is 12.1. The second-order valence-electron chi connectivity index (χ2n) is 5.74. The summed E-state index contributed by atoms with van der Waals surface area (Å²) in [5.41, 5.74) is 0.635. The highest BCUT2D eigenvalue weighted by molar-refractivity contribution is 7.89. The Morgan fingerprint density at radius 2 is 2.04 bits per heavy atom. The quantitative estimate of drug-likeness (QED) is 0.664. The molecule has 1 fully saturated rings. The van der Waals surface area contributed by atoms with Crippen LogP contribution < -0.4 is 4.74 Å². The maximum atomic E-state index is 12.5. The van der Waals surface area contributed by atoms with Crippen LogP contribution in [0.5, 0.6) is 5.88 Å². The molecule has 10 nitrogen and oxygen atoms in total. The Morgan fingerprint density at radius 1 is 1.24 bits per heavy atom. The van der Waals surface area contributed by atoms with Crippen molar-refractivity contribution in [3.8, 4) is 5.88 Å². The normalized spacial score (nSPS) is 17.2. The van der Waals surface area contributed by atoms with Gasteiger partial charge in [-0.3, -0.25) is 0 Å². The first-order valence-electron chi connectivity index (χ1n) is 7.75. The molecule has 11 heteroatoms. The maximum absolute atomic E-state index is 12.5. The second-order valence-corrected chi connectivity index (χ2v) is 7.68. The van der Waals surface area contributed by atoms with Gasteiger partial charge in [0.05, 0.1) is 13.3 Å². The molecule has 0 amide bonds. The molecule has 4 rings (SSSR count). The summed E-state index contributed by atoms with van der Waals surface area (Å²) in [6, 6.07) is 3.51. The summed E-state index contributed by atoms with van der Waals surface area (Å²) in [5.74, 6) is 1.26.